The number of hydrogen-bond acceptors (Lipinski definition) is 3. The SMILES string of the molecule is CC(C)(C)C#CCC(O)CC1CCS(=O)(=O)C1. The van der Waals surface area contributed by atoms with E-state index in [0.717, 1.165) is 0 Å². The molecular weight excluding hydrogens is 236 g/mol. The number of aliphatic hydroxyl groups is 1. The van der Waals surface area contributed by atoms with E-state index in [1.54, 1.807) is 0 Å². The van der Waals surface area contributed by atoms with Crippen molar-refractivity contribution >= 4 is 9.84 Å². The molecule has 3 nitrogen and oxygen atoms in total. The summed E-state index contributed by atoms with van der Waals surface area (Å²) in [5.74, 6) is 6.66. The van der Waals surface area contributed by atoms with E-state index < -0.39 is 15.9 Å². The standard InChI is InChI=1S/C13H22O3S/c1-13(2,3)7-4-5-12(14)9-11-6-8-17(15,16)10-11/h11-12,14H,5-6,8-10H2,1-3H3. The first-order valence-corrected chi connectivity index (χ1v) is 7.89. The summed E-state index contributed by atoms with van der Waals surface area (Å²) in [4.78, 5) is 0. The Hall–Kier alpha value is -0.530. The molecule has 0 aromatic heterocycles. The summed E-state index contributed by atoms with van der Waals surface area (Å²) in [6.07, 6.45) is 1.18. The fourth-order valence-corrected chi connectivity index (χ4v) is 3.84. The smallest absolute Gasteiger partial charge is 0.150 e. The van der Waals surface area contributed by atoms with E-state index >= 15 is 0 Å². The summed E-state index contributed by atoms with van der Waals surface area (Å²) in [5, 5.41) is 9.78. The van der Waals surface area contributed by atoms with Gasteiger partial charge < -0.3 is 5.11 Å². The molecule has 1 aliphatic rings. The average molecular weight is 258 g/mol. The van der Waals surface area contributed by atoms with Crippen LogP contribution in [0.3, 0.4) is 0 Å². The predicted octanol–water partition coefficient (Wildman–Crippen LogP) is 1.61. The van der Waals surface area contributed by atoms with Gasteiger partial charge in [-0.1, -0.05) is 5.92 Å². The van der Waals surface area contributed by atoms with Gasteiger partial charge in [0.1, 0.15) is 0 Å². The van der Waals surface area contributed by atoms with Gasteiger partial charge in [0.15, 0.2) is 9.84 Å². The molecular formula is C13H22O3S. The number of aliphatic hydroxyl groups excluding tert-OH is 1. The lowest BCUT2D eigenvalue weighted by molar-refractivity contribution is 0.151. The molecule has 2 atom stereocenters. The summed E-state index contributed by atoms with van der Waals surface area (Å²) in [6.45, 7) is 6.07. The first-order chi connectivity index (χ1) is 7.68. The number of hydrogen-bond donors (Lipinski definition) is 1. The monoisotopic (exact) mass is 258 g/mol. The van der Waals surface area contributed by atoms with Gasteiger partial charge in [-0.2, -0.15) is 0 Å². The van der Waals surface area contributed by atoms with E-state index in [9.17, 15) is 13.5 Å². The van der Waals surface area contributed by atoms with Gasteiger partial charge in [-0.25, -0.2) is 8.42 Å². The van der Waals surface area contributed by atoms with E-state index in [1.165, 1.54) is 0 Å². The summed E-state index contributed by atoms with van der Waals surface area (Å²) in [6, 6.07) is 0. The van der Waals surface area contributed by atoms with Crippen LogP contribution in [-0.2, 0) is 9.84 Å². The van der Waals surface area contributed by atoms with Gasteiger partial charge >= 0.3 is 0 Å². The molecule has 17 heavy (non-hydrogen) atoms. The van der Waals surface area contributed by atoms with Crippen LogP contribution in [0, 0.1) is 23.2 Å². The molecule has 1 aliphatic heterocycles. The molecule has 1 heterocycles. The molecule has 2 unspecified atom stereocenters. The van der Waals surface area contributed by atoms with E-state index in [0.29, 0.717) is 19.3 Å². The molecule has 1 fully saturated rings. The fraction of sp³-hybridized carbons (Fsp3) is 0.846. The summed E-state index contributed by atoms with van der Waals surface area (Å²) in [7, 11) is -2.83. The maximum absolute atomic E-state index is 11.3. The second kappa shape index (κ2) is 5.41. The van der Waals surface area contributed by atoms with E-state index in [1.807, 2.05) is 20.8 Å². The van der Waals surface area contributed by atoms with Gasteiger partial charge in [-0.3, -0.25) is 0 Å². The molecule has 1 rings (SSSR count). The summed E-state index contributed by atoms with van der Waals surface area (Å²) >= 11 is 0. The largest absolute Gasteiger partial charge is 0.392 e. The van der Waals surface area contributed by atoms with Crippen LogP contribution in [0.5, 0.6) is 0 Å². The topological polar surface area (TPSA) is 54.4 Å². The molecule has 0 aliphatic carbocycles. The van der Waals surface area contributed by atoms with Crippen LogP contribution < -0.4 is 0 Å². The molecule has 1 saturated heterocycles. The van der Waals surface area contributed by atoms with Crippen molar-refractivity contribution in [2.45, 2.75) is 46.1 Å². The van der Waals surface area contributed by atoms with Gasteiger partial charge in [0, 0.05) is 11.8 Å². The van der Waals surface area contributed by atoms with Crippen LogP contribution in [0.1, 0.15) is 40.0 Å². The number of sulfone groups is 1. The highest BCUT2D eigenvalue weighted by Gasteiger charge is 2.29. The Bertz CT molecular complexity index is 406. The van der Waals surface area contributed by atoms with Crippen molar-refractivity contribution in [1.29, 1.82) is 0 Å². The third kappa shape index (κ3) is 6.09. The minimum absolute atomic E-state index is 0.0452. The van der Waals surface area contributed by atoms with Crippen LogP contribution in [0.15, 0.2) is 0 Å². The molecule has 0 spiro atoms. The Balaban J connectivity index is 2.35. The zero-order chi connectivity index (χ0) is 13.1. The van der Waals surface area contributed by atoms with Gasteiger partial charge in [0.25, 0.3) is 0 Å². The lowest BCUT2D eigenvalue weighted by atomic mass is 9.96. The Labute approximate surface area is 105 Å². The summed E-state index contributed by atoms with van der Waals surface area (Å²) < 4.78 is 22.5. The molecule has 1 N–H and O–H groups in total. The lowest BCUT2D eigenvalue weighted by Crippen LogP contribution is -2.14. The Morgan fingerprint density at radius 1 is 1.41 bits per heavy atom. The van der Waals surface area contributed by atoms with Crippen LogP contribution >= 0.6 is 0 Å². The van der Waals surface area contributed by atoms with E-state index in [2.05, 4.69) is 11.8 Å². The molecule has 0 saturated carbocycles. The highest BCUT2D eigenvalue weighted by Crippen LogP contribution is 2.23. The molecule has 0 radical (unpaired) electrons. The first kappa shape index (κ1) is 14.5. The quantitative estimate of drug-likeness (QED) is 0.783. The van der Waals surface area contributed by atoms with Crippen LogP contribution in [0.4, 0.5) is 0 Å². The first-order valence-electron chi connectivity index (χ1n) is 6.06. The lowest BCUT2D eigenvalue weighted by Gasteiger charge is -2.12. The molecule has 0 amide bonds. The van der Waals surface area contributed by atoms with Crippen LogP contribution in [0.25, 0.3) is 0 Å². The Kier molecular flexibility index (Phi) is 4.62. The van der Waals surface area contributed by atoms with Crippen molar-refractivity contribution in [3.63, 3.8) is 0 Å². The van der Waals surface area contributed by atoms with Gasteiger partial charge in [-0.15, -0.1) is 5.92 Å². The average Bonchev–Trinajstić information content (AvgIpc) is 2.42. The Morgan fingerprint density at radius 3 is 2.53 bits per heavy atom. The molecule has 0 aromatic rings. The van der Waals surface area contributed by atoms with Crippen molar-refractivity contribution < 1.29 is 13.5 Å². The van der Waals surface area contributed by atoms with Crippen molar-refractivity contribution in [1.82, 2.24) is 0 Å². The molecule has 0 bridgehead atoms. The highest BCUT2D eigenvalue weighted by molar-refractivity contribution is 7.91. The van der Waals surface area contributed by atoms with E-state index in [4.69, 9.17) is 0 Å². The predicted molar refractivity (Wildman–Crippen MR) is 69.2 cm³/mol. The van der Waals surface area contributed by atoms with Crippen molar-refractivity contribution in [2.24, 2.45) is 11.3 Å². The van der Waals surface area contributed by atoms with Crippen molar-refractivity contribution in [3.8, 4) is 11.8 Å². The minimum Gasteiger partial charge on any atom is -0.392 e. The Morgan fingerprint density at radius 2 is 2.06 bits per heavy atom. The van der Waals surface area contributed by atoms with Crippen molar-refractivity contribution in [2.75, 3.05) is 11.5 Å². The zero-order valence-electron chi connectivity index (χ0n) is 10.9. The van der Waals surface area contributed by atoms with Crippen LogP contribution in [-0.4, -0.2) is 31.1 Å². The fourth-order valence-electron chi connectivity index (χ4n) is 1.96. The second-order valence-corrected chi connectivity index (χ2v) is 8.14. The molecule has 4 heteroatoms. The number of rotatable bonds is 3. The maximum Gasteiger partial charge on any atom is 0.150 e. The van der Waals surface area contributed by atoms with Crippen LogP contribution in [0.2, 0.25) is 0 Å². The zero-order valence-corrected chi connectivity index (χ0v) is 11.7. The third-order valence-electron chi connectivity index (χ3n) is 2.73. The van der Waals surface area contributed by atoms with Gasteiger partial charge in [0.2, 0.25) is 0 Å². The van der Waals surface area contributed by atoms with Gasteiger partial charge in [0.05, 0.1) is 17.6 Å². The maximum atomic E-state index is 11.3. The van der Waals surface area contributed by atoms with E-state index in [-0.39, 0.29) is 22.8 Å². The van der Waals surface area contributed by atoms with Gasteiger partial charge in [-0.05, 0) is 39.5 Å². The molecule has 0 aromatic carbocycles. The van der Waals surface area contributed by atoms with Crippen molar-refractivity contribution in [3.05, 3.63) is 0 Å². The highest BCUT2D eigenvalue weighted by atomic mass is 32.2. The normalized spacial score (nSPS) is 25.1. The summed E-state index contributed by atoms with van der Waals surface area (Å²) in [5.41, 5.74) is -0.0452. The molecule has 98 valence electrons. The third-order valence-corrected chi connectivity index (χ3v) is 4.57. The second-order valence-electron chi connectivity index (χ2n) is 5.91. The minimum atomic E-state index is -2.83.